The molecular formula is C15H21N5. The van der Waals surface area contributed by atoms with Crippen molar-refractivity contribution in [3.8, 4) is 11.4 Å². The van der Waals surface area contributed by atoms with Crippen LogP contribution in [-0.2, 0) is 7.05 Å². The van der Waals surface area contributed by atoms with Gasteiger partial charge in [0.15, 0.2) is 5.82 Å². The van der Waals surface area contributed by atoms with Crippen molar-refractivity contribution >= 4 is 5.82 Å². The second-order valence-corrected chi connectivity index (χ2v) is 5.50. The van der Waals surface area contributed by atoms with E-state index in [4.69, 9.17) is 4.98 Å². The van der Waals surface area contributed by atoms with Crippen LogP contribution in [0.15, 0.2) is 12.3 Å². The minimum Gasteiger partial charge on any atom is -0.370 e. The lowest BCUT2D eigenvalue weighted by molar-refractivity contribution is 0.756. The monoisotopic (exact) mass is 271 g/mol. The van der Waals surface area contributed by atoms with Crippen LogP contribution in [0.3, 0.4) is 0 Å². The molecule has 106 valence electrons. The molecule has 0 atom stereocenters. The molecule has 1 fully saturated rings. The van der Waals surface area contributed by atoms with Crippen molar-refractivity contribution < 1.29 is 0 Å². The van der Waals surface area contributed by atoms with Gasteiger partial charge >= 0.3 is 0 Å². The molecule has 0 spiro atoms. The van der Waals surface area contributed by atoms with Crippen molar-refractivity contribution in [2.75, 3.05) is 11.9 Å². The zero-order chi connectivity index (χ0) is 14.1. The average Bonchev–Trinajstić information content (AvgIpc) is 3.22. The number of hydrogen-bond donors (Lipinski definition) is 1. The number of nitrogens with zero attached hydrogens (tertiary/aromatic N) is 4. The Hall–Kier alpha value is -1.91. The van der Waals surface area contributed by atoms with Crippen LogP contribution in [0.2, 0.25) is 0 Å². The minimum absolute atomic E-state index is 0.621. The molecule has 5 heteroatoms. The van der Waals surface area contributed by atoms with E-state index in [0.29, 0.717) is 5.92 Å². The van der Waals surface area contributed by atoms with Crippen LogP contribution in [0.25, 0.3) is 11.4 Å². The zero-order valence-corrected chi connectivity index (χ0v) is 12.3. The Morgan fingerprint density at radius 3 is 2.75 bits per heavy atom. The highest BCUT2D eigenvalue weighted by atomic mass is 15.3. The van der Waals surface area contributed by atoms with E-state index in [-0.39, 0.29) is 0 Å². The van der Waals surface area contributed by atoms with Gasteiger partial charge in [-0.3, -0.25) is 4.68 Å². The Bertz CT molecular complexity index is 613. The van der Waals surface area contributed by atoms with E-state index in [0.717, 1.165) is 41.6 Å². The molecule has 0 amide bonds. The van der Waals surface area contributed by atoms with E-state index in [1.54, 1.807) is 0 Å². The van der Waals surface area contributed by atoms with Gasteiger partial charge < -0.3 is 5.32 Å². The minimum atomic E-state index is 0.621. The summed E-state index contributed by atoms with van der Waals surface area (Å²) in [6.07, 6.45) is 5.57. The maximum atomic E-state index is 4.74. The number of nitrogens with one attached hydrogen (secondary N) is 1. The van der Waals surface area contributed by atoms with Crippen molar-refractivity contribution in [2.45, 2.75) is 39.0 Å². The number of rotatable bonds is 5. The van der Waals surface area contributed by atoms with Crippen molar-refractivity contribution in [3.05, 3.63) is 23.7 Å². The van der Waals surface area contributed by atoms with Crippen molar-refractivity contribution in [2.24, 2.45) is 7.05 Å². The molecule has 5 nitrogen and oxygen atoms in total. The summed E-state index contributed by atoms with van der Waals surface area (Å²) in [7, 11) is 1.93. The fraction of sp³-hybridized carbons (Fsp3) is 0.533. The van der Waals surface area contributed by atoms with Crippen LogP contribution in [-0.4, -0.2) is 26.3 Å². The third-order valence-electron chi connectivity index (χ3n) is 3.55. The summed E-state index contributed by atoms with van der Waals surface area (Å²) >= 11 is 0. The molecule has 1 aliphatic rings. The van der Waals surface area contributed by atoms with Crippen molar-refractivity contribution in [1.82, 2.24) is 19.7 Å². The Morgan fingerprint density at radius 1 is 1.35 bits per heavy atom. The van der Waals surface area contributed by atoms with E-state index < -0.39 is 0 Å². The molecule has 0 unspecified atom stereocenters. The summed E-state index contributed by atoms with van der Waals surface area (Å²) in [5.74, 6) is 2.34. The molecule has 2 aromatic heterocycles. The highest BCUT2D eigenvalue weighted by Gasteiger charge is 2.26. The fourth-order valence-corrected chi connectivity index (χ4v) is 2.34. The Labute approximate surface area is 119 Å². The summed E-state index contributed by atoms with van der Waals surface area (Å²) in [5.41, 5.74) is 3.16. The van der Waals surface area contributed by atoms with Gasteiger partial charge in [0, 0.05) is 37.5 Å². The molecule has 1 aliphatic carbocycles. The summed E-state index contributed by atoms with van der Waals surface area (Å²) in [4.78, 5) is 9.39. The lowest BCUT2D eigenvalue weighted by atomic mass is 10.2. The largest absolute Gasteiger partial charge is 0.370 e. The third kappa shape index (κ3) is 2.66. The number of anilines is 1. The van der Waals surface area contributed by atoms with Crippen LogP contribution in [0.5, 0.6) is 0 Å². The van der Waals surface area contributed by atoms with Crippen LogP contribution >= 0.6 is 0 Å². The van der Waals surface area contributed by atoms with Crippen LogP contribution in [0.4, 0.5) is 5.82 Å². The fourth-order valence-electron chi connectivity index (χ4n) is 2.34. The molecule has 0 radical (unpaired) electrons. The molecule has 0 aromatic carbocycles. The third-order valence-corrected chi connectivity index (χ3v) is 3.55. The normalized spacial score (nSPS) is 14.6. The lowest BCUT2D eigenvalue weighted by Gasteiger charge is -2.08. The smallest absolute Gasteiger partial charge is 0.165 e. The number of hydrogen-bond acceptors (Lipinski definition) is 4. The first-order valence-electron chi connectivity index (χ1n) is 7.31. The summed E-state index contributed by atoms with van der Waals surface area (Å²) in [5, 5.41) is 7.76. The highest BCUT2D eigenvalue weighted by Crippen LogP contribution is 2.40. The van der Waals surface area contributed by atoms with Gasteiger partial charge in [-0.1, -0.05) is 6.92 Å². The van der Waals surface area contributed by atoms with Crippen LogP contribution in [0, 0.1) is 6.92 Å². The van der Waals surface area contributed by atoms with E-state index in [2.05, 4.69) is 28.4 Å². The Balaban J connectivity index is 2.00. The molecule has 0 saturated heterocycles. The molecule has 0 aliphatic heterocycles. The molecule has 0 bridgehead atoms. The maximum absolute atomic E-state index is 4.74. The first-order valence-corrected chi connectivity index (χ1v) is 7.31. The molecule has 20 heavy (non-hydrogen) atoms. The quantitative estimate of drug-likeness (QED) is 0.908. The van der Waals surface area contributed by atoms with Crippen molar-refractivity contribution in [3.63, 3.8) is 0 Å². The lowest BCUT2D eigenvalue weighted by Crippen LogP contribution is -2.05. The van der Waals surface area contributed by atoms with E-state index in [1.165, 1.54) is 12.8 Å². The highest BCUT2D eigenvalue weighted by molar-refractivity contribution is 5.59. The first-order chi connectivity index (χ1) is 9.67. The Morgan fingerprint density at radius 2 is 2.15 bits per heavy atom. The molecule has 1 N–H and O–H groups in total. The van der Waals surface area contributed by atoms with E-state index >= 15 is 0 Å². The predicted octanol–water partition coefficient (Wildman–Crippen LogP) is 2.88. The maximum Gasteiger partial charge on any atom is 0.165 e. The summed E-state index contributed by atoms with van der Waals surface area (Å²) < 4.78 is 1.82. The van der Waals surface area contributed by atoms with Gasteiger partial charge in [0.25, 0.3) is 0 Å². The first kappa shape index (κ1) is 13.1. The SMILES string of the molecule is CCCNc1cc(C2CC2)nc(-c2cn(C)nc2C)n1. The Kier molecular flexibility index (Phi) is 3.42. The molecule has 1 saturated carbocycles. The van der Waals surface area contributed by atoms with E-state index in [9.17, 15) is 0 Å². The van der Waals surface area contributed by atoms with Gasteiger partial charge in [-0.15, -0.1) is 0 Å². The zero-order valence-electron chi connectivity index (χ0n) is 12.3. The summed E-state index contributed by atoms with van der Waals surface area (Å²) in [6.45, 7) is 5.09. The molecule has 2 heterocycles. The molecule has 3 rings (SSSR count). The summed E-state index contributed by atoms with van der Waals surface area (Å²) in [6, 6.07) is 2.10. The van der Waals surface area contributed by atoms with Gasteiger partial charge in [-0.25, -0.2) is 9.97 Å². The van der Waals surface area contributed by atoms with Gasteiger partial charge in [-0.05, 0) is 26.2 Å². The second kappa shape index (κ2) is 5.23. The standard InChI is InChI=1S/C15H21N5/c1-4-7-16-14-8-13(11-5-6-11)17-15(18-14)12-9-20(3)19-10(12)2/h8-9,11H,4-7H2,1-3H3,(H,16,17,18). The van der Waals surface area contributed by atoms with Gasteiger partial charge in [0.2, 0.25) is 0 Å². The second-order valence-electron chi connectivity index (χ2n) is 5.50. The van der Waals surface area contributed by atoms with Crippen molar-refractivity contribution in [1.29, 1.82) is 0 Å². The van der Waals surface area contributed by atoms with Gasteiger partial charge in [-0.2, -0.15) is 5.10 Å². The molecule has 2 aromatic rings. The number of aromatic nitrogens is 4. The average molecular weight is 271 g/mol. The van der Waals surface area contributed by atoms with Gasteiger partial charge in [0.05, 0.1) is 11.3 Å². The van der Waals surface area contributed by atoms with Crippen LogP contribution in [0.1, 0.15) is 43.5 Å². The molecular weight excluding hydrogens is 250 g/mol. The van der Waals surface area contributed by atoms with Gasteiger partial charge in [0.1, 0.15) is 5.82 Å². The van der Waals surface area contributed by atoms with Crippen LogP contribution < -0.4 is 5.32 Å². The number of aryl methyl sites for hydroxylation is 2. The predicted molar refractivity (Wildman–Crippen MR) is 79.7 cm³/mol. The van der Waals surface area contributed by atoms with E-state index in [1.807, 2.05) is 24.9 Å². The topological polar surface area (TPSA) is 55.6 Å².